The molecule has 1 unspecified atom stereocenters. The lowest BCUT2D eigenvalue weighted by molar-refractivity contribution is -0.138. The van der Waals surface area contributed by atoms with Gasteiger partial charge in [0, 0.05) is 18.8 Å². The Bertz CT molecular complexity index is 554. The first-order valence-electron chi connectivity index (χ1n) is 7.99. The number of hydrogen-bond acceptors (Lipinski definition) is 4. The average Bonchev–Trinajstić information content (AvgIpc) is 2.56. The minimum absolute atomic E-state index is 0. The fourth-order valence-electron chi connectivity index (χ4n) is 2.65. The van der Waals surface area contributed by atoms with E-state index in [1.807, 2.05) is 39.0 Å². The number of anilines is 1. The Morgan fingerprint density at radius 2 is 2.00 bits per heavy atom. The largest absolute Gasteiger partial charge is 0.378 e. The van der Waals surface area contributed by atoms with Gasteiger partial charge in [-0.05, 0) is 31.9 Å². The Morgan fingerprint density at radius 1 is 1.33 bits per heavy atom. The van der Waals surface area contributed by atoms with Gasteiger partial charge in [0.1, 0.15) is 6.04 Å². The van der Waals surface area contributed by atoms with Crippen LogP contribution in [-0.4, -0.2) is 55.6 Å². The summed E-state index contributed by atoms with van der Waals surface area (Å²) in [7, 11) is 0. The molecule has 2 amide bonds. The van der Waals surface area contributed by atoms with E-state index in [4.69, 9.17) is 4.74 Å². The van der Waals surface area contributed by atoms with Crippen molar-refractivity contribution in [2.75, 3.05) is 38.2 Å². The zero-order valence-electron chi connectivity index (χ0n) is 14.4. The fourth-order valence-corrected chi connectivity index (χ4v) is 2.65. The lowest BCUT2D eigenvalue weighted by Crippen LogP contribution is -2.53. The number of carbonyl (C=O) groups is 2. The summed E-state index contributed by atoms with van der Waals surface area (Å²) in [6.07, 6.45) is 0. The van der Waals surface area contributed by atoms with Gasteiger partial charge in [0.2, 0.25) is 11.8 Å². The van der Waals surface area contributed by atoms with Crippen molar-refractivity contribution >= 4 is 29.9 Å². The van der Waals surface area contributed by atoms with E-state index in [0.717, 1.165) is 16.8 Å². The van der Waals surface area contributed by atoms with Crippen LogP contribution in [0.4, 0.5) is 5.69 Å². The molecule has 24 heavy (non-hydrogen) atoms. The SMILES string of the molecule is CCN(CC(=O)Nc1c(C)cccc1C)C(=O)C1COCCN1.Cl. The molecular weight excluding hydrogens is 330 g/mol. The number of hydrogen-bond donors (Lipinski definition) is 2. The zero-order valence-corrected chi connectivity index (χ0v) is 15.2. The molecule has 2 rings (SSSR count). The quantitative estimate of drug-likeness (QED) is 0.839. The van der Waals surface area contributed by atoms with Crippen molar-refractivity contribution in [3.63, 3.8) is 0 Å². The van der Waals surface area contributed by atoms with Crippen LogP contribution in [0.3, 0.4) is 0 Å². The van der Waals surface area contributed by atoms with Crippen LogP contribution in [0.15, 0.2) is 18.2 Å². The van der Waals surface area contributed by atoms with E-state index in [0.29, 0.717) is 26.3 Å². The van der Waals surface area contributed by atoms with Crippen LogP contribution in [0.25, 0.3) is 0 Å². The van der Waals surface area contributed by atoms with Crippen molar-refractivity contribution in [3.05, 3.63) is 29.3 Å². The number of benzene rings is 1. The van der Waals surface area contributed by atoms with Crippen molar-refractivity contribution in [2.45, 2.75) is 26.8 Å². The van der Waals surface area contributed by atoms with Gasteiger partial charge < -0.3 is 20.3 Å². The summed E-state index contributed by atoms with van der Waals surface area (Å²) >= 11 is 0. The molecule has 0 saturated carbocycles. The zero-order chi connectivity index (χ0) is 16.8. The minimum atomic E-state index is -0.364. The number of morpholine rings is 1. The molecular formula is C17H26ClN3O3. The predicted octanol–water partition coefficient (Wildman–Crippen LogP) is 1.50. The first-order chi connectivity index (χ1) is 11.0. The molecule has 1 fully saturated rings. The highest BCUT2D eigenvalue weighted by Crippen LogP contribution is 2.19. The van der Waals surface area contributed by atoms with Gasteiger partial charge >= 0.3 is 0 Å². The molecule has 1 atom stereocenters. The van der Waals surface area contributed by atoms with Crippen LogP contribution in [0, 0.1) is 13.8 Å². The third-order valence-electron chi connectivity index (χ3n) is 3.99. The first-order valence-corrected chi connectivity index (χ1v) is 7.99. The number of aryl methyl sites for hydroxylation is 2. The van der Waals surface area contributed by atoms with E-state index in [2.05, 4.69) is 10.6 Å². The van der Waals surface area contributed by atoms with Crippen molar-refractivity contribution in [1.82, 2.24) is 10.2 Å². The third-order valence-corrected chi connectivity index (χ3v) is 3.99. The van der Waals surface area contributed by atoms with E-state index in [-0.39, 0.29) is 36.8 Å². The molecule has 0 aliphatic carbocycles. The van der Waals surface area contributed by atoms with Crippen LogP contribution < -0.4 is 10.6 Å². The second-order valence-corrected chi connectivity index (χ2v) is 5.75. The summed E-state index contributed by atoms with van der Waals surface area (Å²) in [5.74, 6) is -0.279. The fraction of sp³-hybridized carbons (Fsp3) is 0.529. The number of likely N-dealkylation sites (N-methyl/N-ethyl adjacent to an activating group) is 1. The van der Waals surface area contributed by atoms with Gasteiger partial charge in [-0.1, -0.05) is 18.2 Å². The van der Waals surface area contributed by atoms with Gasteiger partial charge in [0.15, 0.2) is 0 Å². The van der Waals surface area contributed by atoms with Crippen LogP contribution >= 0.6 is 12.4 Å². The lowest BCUT2D eigenvalue weighted by atomic mass is 10.1. The van der Waals surface area contributed by atoms with Gasteiger partial charge in [-0.25, -0.2) is 0 Å². The molecule has 2 N–H and O–H groups in total. The van der Waals surface area contributed by atoms with Crippen LogP contribution in [0.1, 0.15) is 18.1 Å². The number of amides is 2. The maximum Gasteiger partial charge on any atom is 0.244 e. The van der Waals surface area contributed by atoms with E-state index >= 15 is 0 Å². The number of rotatable bonds is 5. The van der Waals surface area contributed by atoms with Crippen molar-refractivity contribution in [3.8, 4) is 0 Å². The number of ether oxygens (including phenoxy) is 1. The van der Waals surface area contributed by atoms with Gasteiger partial charge in [-0.15, -0.1) is 12.4 Å². The molecule has 1 aromatic rings. The first kappa shape index (κ1) is 20.4. The van der Waals surface area contributed by atoms with Crippen LogP contribution in [0.5, 0.6) is 0 Å². The summed E-state index contributed by atoms with van der Waals surface area (Å²) in [6.45, 7) is 7.93. The number of carbonyl (C=O) groups excluding carboxylic acids is 2. The molecule has 1 aromatic carbocycles. The highest BCUT2D eigenvalue weighted by atomic mass is 35.5. The molecule has 1 saturated heterocycles. The Balaban J connectivity index is 0.00000288. The minimum Gasteiger partial charge on any atom is -0.378 e. The van der Waals surface area contributed by atoms with Crippen molar-refractivity contribution in [2.24, 2.45) is 0 Å². The maximum absolute atomic E-state index is 12.5. The van der Waals surface area contributed by atoms with Crippen molar-refractivity contribution < 1.29 is 14.3 Å². The molecule has 6 nitrogen and oxygen atoms in total. The van der Waals surface area contributed by atoms with Gasteiger partial charge in [-0.3, -0.25) is 9.59 Å². The average molecular weight is 356 g/mol. The molecule has 7 heteroatoms. The summed E-state index contributed by atoms with van der Waals surface area (Å²) in [5, 5.41) is 6.04. The van der Waals surface area contributed by atoms with Gasteiger partial charge in [0.05, 0.1) is 19.8 Å². The van der Waals surface area contributed by atoms with Crippen LogP contribution in [-0.2, 0) is 14.3 Å². The van der Waals surface area contributed by atoms with Crippen molar-refractivity contribution in [1.29, 1.82) is 0 Å². The van der Waals surface area contributed by atoms with Gasteiger partial charge in [0.25, 0.3) is 0 Å². The van der Waals surface area contributed by atoms with E-state index in [1.165, 1.54) is 0 Å². The topological polar surface area (TPSA) is 70.7 Å². The van der Waals surface area contributed by atoms with E-state index in [1.54, 1.807) is 4.90 Å². The molecule has 0 bridgehead atoms. The normalized spacial score (nSPS) is 16.9. The van der Waals surface area contributed by atoms with E-state index < -0.39 is 0 Å². The smallest absolute Gasteiger partial charge is 0.244 e. The highest BCUT2D eigenvalue weighted by molar-refractivity contribution is 5.96. The lowest BCUT2D eigenvalue weighted by Gasteiger charge is -2.29. The number of nitrogens with zero attached hydrogens (tertiary/aromatic N) is 1. The maximum atomic E-state index is 12.5. The standard InChI is InChI=1S/C17H25N3O3.ClH/c1-4-20(17(22)14-11-23-9-8-18-14)10-15(21)19-16-12(2)6-5-7-13(16)3;/h5-7,14,18H,4,8-11H2,1-3H3,(H,19,21);1H. The Hall–Kier alpha value is -1.63. The summed E-state index contributed by atoms with van der Waals surface area (Å²) in [4.78, 5) is 26.3. The van der Waals surface area contributed by atoms with Gasteiger partial charge in [-0.2, -0.15) is 0 Å². The number of nitrogens with one attached hydrogen (secondary N) is 2. The Labute approximate surface area is 149 Å². The molecule has 1 aliphatic rings. The Kier molecular flexibility index (Phi) is 8.18. The summed E-state index contributed by atoms with van der Waals surface area (Å²) in [6, 6.07) is 5.50. The monoisotopic (exact) mass is 355 g/mol. The molecule has 1 heterocycles. The number of halogens is 1. The molecule has 134 valence electrons. The second-order valence-electron chi connectivity index (χ2n) is 5.75. The molecule has 0 spiro atoms. The second kappa shape index (κ2) is 9.61. The Morgan fingerprint density at radius 3 is 2.54 bits per heavy atom. The highest BCUT2D eigenvalue weighted by Gasteiger charge is 2.26. The molecule has 0 radical (unpaired) electrons. The predicted molar refractivity (Wildman–Crippen MR) is 96.7 cm³/mol. The third kappa shape index (κ3) is 5.19. The van der Waals surface area contributed by atoms with Crippen LogP contribution in [0.2, 0.25) is 0 Å². The molecule has 0 aromatic heterocycles. The molecule has 1 aliphatic heterocycles. The summed E-state index contributed by atoms with van der Waals surface area (Å²) in [5.41, 5.74) is 2.84. The van der Waals surface area contributed by atoms with E-state index in [9.17, 15) is 9.59 Å². The number of para-hydroxylation sites is 1. The summed E-state index contributed by atoms with van der Waals surface area (Å²) < 4.78 is 5.32.